The number of nitrogens with one attached hydrogen (secondary N) is 2. The van der Waals surface area contributed by atoms with Crippen molar-refractivity contribution in [2.45, 2.75) is 45.6 Å². The van der Waals surface area contributed by atoms with E-state index in [1.807, 2.05) is 12.1 Å². The lowest BCUT2D eigenvalue weighted by atomic mass is 10.0. The van der Waals surface area contributed by atoms with Gasteiger partial charge in [-0.2, -0.15) is 0 Å². The second-order valence-electron chi connectivity index (χ2n) is 6.39. The fraction of sp³-hybridized carbons (Fsp3) is 0.611. The van der Waals surface area contributed by atoms with Crippen LogP contribution >= 0.6 is 0 Å². The first-order chi connectivity index (χ1) is 10.6. The minimum Gasteiger partial charge on any atom is -0.493 e. The summed E-state index contributed by atoms with van der Waals surface area (Å²) in [5.74, 6) is 1.58. The van der Waals surface area contributed by atoms with Gasteiger partial charge in [0, 0.05) is 6.54 Å². The number of rotatable bonds is 7. The number of carbonyl (C=O) groups is 1. The van der Waals surface area contributed by atoms with Crippen LogP contribution in [0.1, 0.15) is 38.7 Å². The van der Waals surface area contributed by atoms with E-state index >= 15 is 0 Å². The van der Waals surface area contributed by atoms with Crippen molar-refractivity contribution in [1.82, 2.24) is 10.6 Å². The van der Waals surface area contributed by atoms with Crippen LogP contribution in [0.5, 0.6) is 5.75 Å². The third-order valence-electron chi connectivity index (χ3n) is 3.85. The quantitative estimate of drug-likeness (QED) is 0.814. The number of carbonyl (C=O) groups excluding carboxylic acids is 1. The Bertz CT molecular complexity index is 451. The number of ether oxygens (including phenoxy) is 1. The van der Waals surface area contributed by atoms with E-state index in [-0.39, 0.29) is 11.9 Å². The molecule has 1 saturated heterocycles. The molecule has 1 aliphatic heterocycles. The first-order valence-electron chi connectivity index (χ1n) is 8.38. The molecular weight excluding hydrogens is 276 g/mol. The molecule has 1 heterocycles. The Hall–Kier alpha value is -1.55. The van der Waals surface area contributed by atoms with Crippen LogP contribution in [0.3, 0.4) is 0 Å². The van der Waals surface area contributed by atoms with Crippen LogP contribution in [0.25, 0.3) is 0 Å². The maximum absolute atomic E-state index is 12.0. The maximum Gasteiger partial charge on any atom is 0.237 e. The maximum atomic E-state index is 12.0. The van der Waals surface area contributed by atoms with Crippen molar-refractivity contribution in [3.63, 3.8) is 0 Å². The standard InChI is InChI=1S/C18H28N2O2/c1-14(2)13-22-16-8-6-15(7-9-16)10-12-20-18(21)17-5-3-4-11-19-17/h6-9,14,17,19H,3-5,10-13H2,1-2H3,(H,20,21). The third-order valence-corrected chi connectivity index (χ3v) is 3.85. The van der Waals surface area contributed by atoms with Gasteiger partial charge in [-0.15, -0.1) is 0 Å². The molecule has 1 fully saturated rings. The van der Waals surface area contributed by atoms with Crippen molar-refractivity contribution in [3.8, 4) is 5.75 Å². The molecule has 1 atom stereocenters. The summed E-state index contributed by atoms with van der Waals surface area (Å²) >= 11 is 0. The van der Waals surface area contributed by atoms with Gasteiger partial charge in [-0.25, -0.2) is 0 Å². The Labute approximate surface area is 133 Å². The first-order valence-corrected chi connectivity index (χ1v) is 8.38. The molecule has 1 aliphatic rings. The molecule has 22 heavy (non-hydrogen) atoms. The molecule has 2 rings (SSSR count). The van der Waals surface area contributed by atoms with Gasteiger partial charge < -0.3 is 15.4 Å². The lowest BCUT2D eigenvalue weighted by Crippen LogP contribution is -2.47. The molecule has 0 aliphatic carbocycles. The third kappa shape index (κ3) is 5.68. The van der Waals surface area contributed by atoms with Crippen molar-refractivity contribution >= 4 is 5.91 Å². The lowest BCUT2D eigenvalue weighted by molar-refractivity contribution is -0.123. The molecule has 0 radical (unpaired) electrons. The van der Waals surface area contributed by atoms with E-state index in [1.165, 1.54) is 12.0 Å². The Balaban J connectivity index is 1.69. The fourth-order valence-corrected chi connectivity index (χ4v) is 2.54. The monoisotopic (exact) mass is 304 g/mol. The molecule has 4 nitrogen and oxygen atoms in total. The second-order valence-corrected chi connectivity index (χ2v) is 6.39. The van der Waals surface area contributed by atoms with E-state index in [2.05, 4.69) is 36.6 Å². The smallest absolute Gasteiger partial charge is 0.237 e. The van der Waals surface area contributed by atoms with Crippen LogP contribution in [-0.4, -0.2) is 31.6 Å². The minimum absolute atomic E-state index is 0.000518. The van der Waals surface area contributed by atoms with Gasteiger partial charge in [-0.05, 0) is 49.4 Å². The van der Waals surface area contributed by atoms with E-state index in [4.69, 9.17) is 4.74 Å². The molecule has 4 heteroatoms. The van der Waals surface area contributed by atoms with Gasteiger partial charge in [0.25, 0.3) is 0 Å². The number of hydrogen-bond donors (Lipinski definition) is 2. The molecule has 1 aromatic carbocycles. The van der Waals surface area contributed by atoms with Gasteiger partial charge >= 0.3 is 0 Å². The van der Waals surface area contributed by atoms with E-state index in [1.54, 1.807) is 0 Å². The van der Waals surface area contributed by atoms with Gasteiger partial charge in [-0.1, -0.05) is 32.4 Å². The summed E-state index contributed by atoms with van der Waals surface area (Å²) in [6, 6.07) is 8.15. The highest BCUT2D eigenvalue weighted by Crippen LogP contribution is 2.13. The average Bonchev–Trinajstić information content (AvgIpc) is 2.55. The molecule has 0 aromatic heterocycles. The van der Waals surface area contributed by atoms with Gasteiger partial charge in [0.2, 0.25) is 5.91 Å². The van der Waals surface area contributed by atoms with E-state index in [9.17, 15) is 4.79 Å². The molecule has 2 N–H and O–H groups in total. The number of hydrogen-bond acceptors (Lipinski definition) is 3. The normalized spacial score (nSPS) is 18.2. The zero-order chi connectivity index (χ0) is 15.8. The topological polar surface area (TPSA) is 50.4 Å². The van der Waals surface area contributed by atoms with Crippen molar-refractivity contribution in [2.75, 3.05) is 19.7 Å². The predicted octanol–water partition coefficient (Wildman–Crippen LogP) is 2.52. The highest BCUT2D eigenvalue weighted by Gasteiger charge is 2.19. The Morgan fingerprint density at radius 3 is 2.73 bits per heavy atom. The summed E-state index contributed by atoms with van der Waals surface area (Å²) in [7, 11) is 0. The Morgan fingerprint density at radius 2 is 2.09 bits per heavy atom. The first kappa shape index (κ1) is 16.8. The van der Waals surface area contributed by atoms with Crippen LogP contribution in [0.2, 0.25) is 0 Å². The SMILES string of the molecule is CC(C)COc1ccc(CCNC(=O)C2CCCCN2)cc1. The Kier molecular flexibility index (Phi) is 6.72. The Morgan fingerprint density at radius 1 is 1.32 bits per heavy atom. The summed E-state index contributed by atoms with van der Waals surface area (Å²) in [5, 5.41) is 6.29. The number of benzene rings is 1. The lowest BCUT2D eigenvalue weighted by Gasteiger charge is -2.22. The molecule has 1 aromatic rings. The van der Waals surface area contributed by atoms with Crippen molar-refractivity contribution < 1.29 is 9.53 Å². The van der Waals surface area contributed by atoms with Gasteiger partial charge in [0.05, 0.1) is 12.6 Å². The highest BCUT2D eigenvalue weighted by molar-refractivity contribution is 5.81. The highest BCUT2D eigenvalue weighted by atomic mass is 16.5. The average molecular weight is 304 g/mol. The summed E-state index contributed by atoms with van der Waals surface area (Å²) < 4.78 is 5.67. The summed E-state index contributed by atoms with van der Waals surface area (Å²) in [6.45, 7) is 6.65. The van der Waals surface area contributed by atoms with Crippen molar-refractivity contribution in [1.29, 1.82) is 0 Å². The van der Waals surface area contributed by atoms with E-state index < -0.39 is 0 Å². The van der Waals surface area contributed by atoms with Crippen molar-refractivity contribution in [3.05, 3.63) is 29.8 Å². The van der Waals surface area contributed by atoms with Gasteiger partial charge in [0.15, 0.2) is 0 Å². The molecule has 0 spiro atoms. The largest absolute Gasteiger partial charge is 0.493 e. The van der Waals surface area contributed by atoms with E-state index in [0.717, 1.165) is 38.2 Å². The number of amides is 1. The molecule has 1 amide bonds. The molecule has 1 unspecified atom stereocenters. The van der Waals surface area contributed by atoms with Crippen LogP contribution in [-0.2, 0) is 11.2 Å². The van der Waals surface area contributed by atoms with Gasteiger partial charge in [-0.3, -0.25) is 4.79 Å². The van der Waals surface area contributed by atoms with Crippen molar-refractivity contribution in [2.24, 2.45) is 5.92 Å². The molecule has 0 saturated carbocycles. The van der Waals surface area contributed by atoms with Crippen LogP contribution in [0.15, 0.2) is 24.3 Å². The number of piperidine rings is 1. The predicted molar refractivity (Wildman–Crippen MR) is 89.1 cm³/mol. The van der Waals surface area contributed by atoms with Crippen LogP contribution in [0, 0.1) is 5.92 Å². The molecular formula is C18H28N2O2. The summed E-state index contributed by atoms with van der Waals surface area (Å²) in [6.07, 6.45) is 4.12. The second kappa shape index (κ2) is 8.79. The zero-order valence-electron chi connectivity index (χ0n) is 13.7. The zero-order valence-corrected chi connectivity index (χ0v) is 13.7. The van der Waals surface area contributed by atoms with E-state index in [0.29, 0.717) is 12.5 Å². The summed E-state index contributed by atoms with van der Waals surface area (Å²) in [4.78, 5) is 12.0. The fourth-order valence-electron chi connectivity index (χ4n) is 2.54. The van der Waals surface area contributed by atoms with Crippen LogP contribution < -0.4 is 15.4 Å². The van der Waals surface area contributed by atoms with Gasteiger partial charge in [0.1, 0.15) is 5.75 Å². The summed E-state index contributed by atoms with van der Waals surface area (Å²) in [5.41, 5.74) is 1.22. The van der Waals surface area contributed by atoms with Crippen LogP contribution in [0.4, 0.5) is 0 Å². The minimum atomic E-state index is 0.000518. The molecule has 0 bridgehead atoms. The molecule has 122 valence electrons.